The fourth-order valence-electron chi connectivity index (χ4n) is 2.55. The van der Waals surface area contributed by atoms with Crippen LogP contribution in [0.25, 0.3) is 0 Å². The Morgan fingerprint density at radius 3 is 2.34 bits per heavy atom. The van der Waals surface area contributed by atoms with Gasteiger partial charge in [0.05, 0.1) is 11.5 Å². The van der Waals surface area contributed by atoms with Crippen LogP contribution in [0.2, 0.25) is 0 Å². The second-order valence-electron chi connectivity index (χ2n) is 6.58. The van der Waals surface area contributed by atoms with Gasteiger partial charge in [-0.3, -0.25) is 15.0 Å². The molecule has 8 heteroatoms. The lowest BCUT2D eigenvalue weighted by Gasteiger charge is -2.10. The average Bonchev–Trinajstić information content (AvgIpc) is 2.72. The molecule has 156 valence electrons. The Balaban J connectivity index is 1.91. The van der Waals surface area contributed by atoms with Crippen LogP contribution in [-0.4, -0.2) is 26.7 Å². The van der Waals surface area contributed by atoms with Crippen LogP contribution in [0.1, 0.15) is 60.2 Å². The SMILES string of the molecule is CCCCCCOc1ccc(C(=O)NNS(=O)(=O)c2cccc(C(C)=O)c2)cc1. The van der Waals surface area contributed by atoms with E-state index in [9.17, 15) is 18.0 Å². The summed E-state index contributed by atoms with van der Waals surface area (Å²) in [5.41, 5.74) is 2.72. The first-order chi connectivity index (χ1) is 13.8. The van der Waals surface area contributed by atoms with E-state index in [4.69, 9.17) is 4.74 Å². The largest absolute Gasteiger partial charge is 0.494 e. The van der Waals surface area contributed by atoms with Crippen molar-refractivity contribution in [2.24, 2.45) is 0 Å². The number of ketones is 1. The number of hydrazine groups is 1. The molecule has 29 heavy (non-hydrogen) atoms. The van der Waals surface area contributed by atoms with Crippen LogP contribution in [0.3, 0.4) is 0 Å². The Bertz CT molecular complexity index is 940. The van der Waals surface area contributed by atoms with E-state index in [1.165, 1.54) is 37.6 Å². The maximum absolute atomic E-state index is 12.3. The smallest absolute Gasteiger partial charge is 0.266 e. The van der Waals surface area contributed by atoms with E-state index in [1.807, 2.05) is 4.83 Å². The van der Waals surface area contributed by atoms with E-state index in [2.05, 4.69) is 12.3 Å². The fourth-order valence-corrected chi connectivity index (χ4v) is 3.43. The summed E-state index contributed by atoms with van der Waals surface area (Å²) in [6.07, 6.45) is 4.43. The monoisotopic (exact) mass is 418 g/mol. The molecular weight excluding hydrogens is 392 g/mol. The van der Waals surface area contributed by atoms with Gasteiger partial charge in [-0.2, -0.15) is 0 Å². The minimum absolute atomic E-state index is 0.114. The van der Waals surface area contributed by atoms with Gasteiger partial charge in [-0.15, -0.1) is 4.83 Å². The Morgan fingerprint density at radius 1 is 0.966 bits per heavy atom. The molecule has 0 fully saturated rings. The molecule has 0 heterocycles. The van der Waals surface area contributed by atoms with E-state index in [1.54, 1.807) is 24.3 Å². The van der Waals surface area contributed by atoms with Gasteiger partial charge in [0.25, 0.3) is 15.9 Å². The molecule has 0 aliphatic rings. The zero-order chi connectivity index (χ0) is 21.3. The molecule has 0 unspecified atom stereocenters. The summed E-state index contributed by atoms with van der Waals surface area (Å²) >= 11 is 0. The number of rotatable bonds is 11. The number of ether oxygens (including phenoxy) is 1. The Hall–Kier alpha value is -2.71. The van der Waals surface area contributed by atoms with Crippen LogP contribution < -0.4 is 15.0 Å². The maximum atomic E-state index is 12.3. The molecule has 0 aromatic heterocycles. The molecule has 2 aromatic carbocycles. The van der Waals surface area contributed by atoms with Crippen LogP contribution in [-0.2, 0) is 10.0 Å². The second-order valence-corrected chi connectivity index (χ2v) is 8.26. The number of hydrogen-bond donors (Lipinski definition) is 2. The lowest BCUT2D eigenvalue weighted by molar-refractivity contribution is 0.0944. The highest BCUT2D eigenvalue weighted by Crippen LogP contribution is 2.14. The Labute approximate surface area is 171 Å². The summed E-state index contributed by atoms with van der Waals surface area (Å²) in [4.78, 5) is 25.6. The molecule has 0 bridgehead atoms. The summed E-state index contributed by atoms with van der Waals surface area (Å²) < 4.78 is 30.3. The van der Waals surface area contributed by atoms with E-state index in [-0.39, 0.29) is 21.8 Å². The summed E-state index contributed by atoms with van der Waals surface area (Å²) in [6.45, 7) is 4.11. The number of hydrogen-bond acceptors (Lipinski definition) is 5. The Kier molecular flexibility index (Phi) is 8.35. The third kappa shape index (κ3) is 6.99. The molecular formula is C21H26N2O5S. The van der Waals surface area contributed by atoms with Crippen molar-refractivity contribution in [3.8, 4) is 5.75 Å². The van der Waals surface area contributed by atoms with Gasteiger partial charge >= 0.3 is 0 Å². The number of amides is 1. The van der Waals surface area contributed by atoms with Gasteiger partial charge in [-0.25, -0.2) is 8.42 Å². The minimum atomic E-state index is -4.01. The zero-order valence-corrected chi connectivity index (χ0v) is 17.4. The van der Waals surface area contributed by atoms with E-state index >= 15 is 0 Å². The average molecular weight is 419 g/mol. The molecule has 2 rings (SSSR count). The first-order valence-electron chi connectivity index (χ1n) is 9.49. The molecule has 2 aromatic rings. The van der Waals surface area contributed by atoms with Crippen molar-refractivity contribution in [3.05, 3.63) is 59.7 Å². The first-order valence-corrected chi connectivity index (χ1v) is 11.0. The van der Waals surface area contributed by atoms with Gasteiger partial charge in [-0.1, -0.05) is 38.3 Å². The molecule has 0 aliphatic carbocycles. The van der Waals surface area contributed by atoms with Crippen molar-refractivity contribution in [1.82, 2.24) is 10.3 Å². The number of nitrogens with one attached hydrogen (secondary N) is 2. The maximum Gasteiger partial charge on any atom is 0.266 e. The van der Waals surface area contributed by atoms with Crippen LogP contribution in [0.5, 0.6) is 5.75 Å². The van der Waals surface area contributed by atoms with E-state index in [0.717, 1.165) is 19.3 Å². The van der Waals surface area contributed by atoms with Crippen molar-refractivity contribution in [1.29, 1.82) is 0 Å². The quantitative estimate of drug-likeness (QED) is 0.330. The summed E-state index contributed by atoms with van der Waals surface area (Å²) in [5.74, 6) is -0.204. The fraction of sp³-hybridized carbons (Fsp3) is 0.333. The predicted molar refractivity (Wildman–Crippen MR) is 110 cm³/mol. The minimum Gasteiger partial charge on any atom is -0.494 e. The van der Waals surface area contributed by atoms with Gasteiger partial charge in [0, 0.05) is 11.1 Å². The number of Topliss-reactive ketones (excluding diaryl/α,β-unsaturated/α-hetero) is 1. The van der Waals surface area contributed by atoms with Crippen LogP contribution >= 0.6 is 0 Å². The second kappa shape index (κ2) is 10.7. The number of carbonyl (C=O) groups is 2. The molecule has 2 N–H and O–H groups in total. The van der Waals surface area contributed by atoms with Crippen molar-refractivity contribution >= 4 is 21.7 Å². The van der Waals surface area contributed by atoms with Crippen molar-refractivity contribution in [3.63, 3.8) is 0 Å². The van der Waals surface area contributed by atoms with Gasteiger partial charge < -0.3 is 4.74 Å². The van der Waals surface area contributed by atoms with Gasteiger partial charge in [0.1, 0.15) is 5.75 Å². The molecule has 0 saturated carbocycles. The topological polar surface area (TPSA) is 102 Å². The summed E-state index contributed by atoms with van der Waals surface area (Å²) in [5, 5.41) is 0. The summed E-state index contributed by atoms with van der Waals surface area (Å²) in [7, 11) is -4.01. The van der Waals surface area contributed by atoms with E-state index in [0.29, 0.717) is 12.4 Å². The number of benzene rings is 2. The highest BCUT2D eigenvalue weighted by Gasteiger charge is 2.17. The normalized spacial score (nSPS) is 11.1. The molecule has 0 atom stereocenters. The van der Waals surface area contributed by atoms with E-state index < -0.39 is 15.9 Å². The number of sulfonamides is 1. The van der Waals surface area contributed by atoms with Gasteiger partial charge in [0.15, 0.2) is 5.78 Å². The molecule has 0 radical (unpaired) electrons. The third-order valence-corrected chi connectivity index (χ3v) is 5.48. The lowest BCUT2D eigenvalue weighted by atomic mass is 10.2. The highest BCUT2D eigenvalue weighted by molar-refractivity contribution is 7.89. The molecule has 0 saturated heterocycles. The van der Waals surface area contributed by atoms with Crippen LogP contribution in [0, 0.1) is 0 Å². The van der Waals surface area contributed by atoms with Gasteiger partial charge in [0.2, 0.25) is 0 Å². The van der Waals surface area contributed by atoms with Crippen molar-refractivity contribution in [2.45, 2.75) is 44.4 Å². The summed E-state index contributed by atoms with van der Waals surface area (Å²) in [6, 6.07) is 12.0. The molecule has 7 nitrogen and oxygen atoms in total. The lowest BCUT2D eigenvalue weighted by Crippen LogP contribution is -2.41. The van der Waals surface area contributed by atoms with Crippen molar-refractivity contribution < 1.29 is 22.7 Å². The van der Waals surface area contributed by atoms with Gasteiger partial charge in [-0.05, 0) is 49.7 Å². The standard InChI is InChI=1S/C21H26N2O5S/c1-3-4-5-6-14-28-19-12-10-17(11-13-19)21(25)22-23-29(26,27)20-9-7-8-18(15-20)16(2)24/h7-13,15,23H,3-6,14H2,1-2H3,(H,22,25). The third-order valence-electron chi connectivity index (χ3n) is 4.23. The zero-order valence-electron chi connectivity index (χ0n) is 16.6. The van der Waals surface area contributed by atoms with Crippen LogP contribution in [0.15, 0.2) is 53.4 Å². The first kappa shape index (κ1) is 22.6. The number of unbranched alkanes of at least 4 members (excludes halogenated alkanes) is 3. The predicted octanol–water partition coefficient (Wildman–Crippen LogP) is 3.47. The van der Waals surface area contributed by atoms with Crippen molar-refractivity contribution in [2.75, 3.05) is 6.61 Å². The number of carbonyl (C=O) groups excluding carboxylic acids is 2. The Morgan fingerprint density at radius 2 is 1.69 bits per heavy atom. The molecule has 0 aliphatic heterocycles. The highest BCUT2D eigenvalue weighted by atomic mass is 32.2. The molecule has 1 amide bonds. The molecule has 0 spiro atoms. The van der Waals surface area contributed by atoms with Crippen LogP contribution in [0.4, 0.5) is 0 Å².